The number of rotatable bonds is 3. The number of hydrogen-bond acceptors (Lipinski definition) is 6. The third-order valence-electron chi connectivity index (χ3n) is 4.54. The number of hydroxylamine groups is 2. The maximum atomic E-state index is 12.8. The molecule has 3 aromatic rings. The number of benzene rings is 3. The smallest absolute Gasteiger partial charge is 0.324 e. The molecule has 8 nitrogen and oxygen atoms in total. The highest BCUT2D eigenvalue weighted by Gasteiger charge is 2.37. The first kappa shape index (κ1) is 17.3. The Kier molecular flexibility index (Phi) is 3.89. The molecule has 1 aliphatic rings. The van der Waals surface area contributed by atoms with Crippen molar-refractivity contribution in [3.63, 3.8) is 0 Å². The Morgan fingerprint density at radius 3 is 2.43 bits per heavy atom. The van der Waals surface area contributed by atoms with Gasteiger partial charge in [-0.1, -0.05) is 35.4 Å². The number of nitro groups is 1. The molecule has 1 heterocycles. The molecule has 8 heteroatoms. The lowest BCUT2D eigenvalue weighted by atomic mass is 9.94. The molecule has 0 unspecified atom stereocenters. The largest absolute Gasteiger partial charge is 0.364 e. The zero-order chi connectivity index (χ0) is 20.0. The second-order valence-corrected chi connectivity index (χ2v) is 6.25. The van der Waals surface area contributed by atoms with Crippen LogP contribution in [0, 0.1) is 17.0 Å². The van der Waals surface area contributed by atoms with Gasteiger partial charge in [0, 0.05) is 17.5 Å². The predicted octanol–water partition coefficient (Wildman–Crippen LogP) is 3.42. The summed E-state index contributed by atoms with van der Waals surface area (Å²) in [5.41, 5.74) is 0.567. The Hall–Kier alpha value is -4.07. The molecule has 0 aliphatic carbocycles. The number of aryl methyl sites for hydroxylation is 1. The molecule has 0 saturated carbocycles. The van der Waals surface area contributed by atoms with Crippen molar-refractivity contribution in [2.75, 3.05) is 0 Å². The summed E-state index contributed by atoms with van der Waals surface area (Å²) < 4.78 is 0. The van der Waals surface area contributed by atoms with Gasteiger partial charge in [0.2, 0.25) is 0 Å². The van der Waals surface area contributed by atoms with E-state index in [1.165, 1.54) is 18.2 Å². The fourth-order valence-electron chi connectivity index (χ4n) is 3.19. The fourth-order valence-corrected chi connectivity index (χ4v) is 3.19. The van der Waals surface area contributed by atoms with Crippen molar-refractivity contribution in [2.24, 2.45) is 0 Å². The summed E-state index contributed by atoms with van der Waals surface area (Å²) >= 11 is 0. The number of non-ortho nitro benzene ring substituents is 1. The number of nitro benzene ring substituents is 1. The molecule has 2 amide bonds. The minimum Gasteiger partial charge on any atom is -0.324 e. The summed E-state index contributed by atoms with van der Waals surface area (Å²) in [6, 6.07) is 13.5. The molecule has 0 aromatic heterocycles. The summed E-state index contributed by atoms with van der Waals surface area (Å²) in [6.45, 7) is 1.69. The van der Waals surface area contributed by atoms with Crippen LogP contribution in [0.1, 0.15) is 36.6 Å². The highest BCUT2D eigenvalue weighted by Crippen LogP contribution is 2.33. The van der Waals surface area contributed by atoms with E-state index in [9.17, 15) is 24.5 Å². The van der Waals surface area contributed by atoms with Crippen LogP contribution >= 0.6 is 0 Å². The first-order valence-corrected chi connectivity index (χ1v) is 8.26. The number of carbonyl (C=O) groups excluding carboxylic acids is 3. The lowest BCUT2D eigenvalue weighted by Crippen LogP contribution is -2.41. The summed E-state index contributed by atoms with van der Waals surface area (Å²) in [7, 11) is 0. The molecule has 4 rings (SSSR count). The Balaban J connectivity index is 1.81. The Morgan fingerprint density at radius 2 is 1.71 bits per heavy atom. The monoisotopic (exact) mass is 376 g/mol. The molecule has 28 heavy (non-hydrogen) atoms. The lowest BCUT2D eigenvalue weighted by molar-refractivity contribution is -0.384. The van der Waals surface area contributed by atoms with Crippen LogP contribution in [0.3, 0.4) is 0 Å². The summed E-state index contributed by atoms with van der Waals surface area (Å²) in [4.78, 5) is 53.8. The van der Waals surface area contributed by atoms with Gasteiger partial charge in [0.15, 0.2) is 0 Å². The van der Waals surface area contributed by atoms with E-state index >= 15 is 0 Å². The van der Waals surface area contributed by atoms with Gasteiger partial charge in [-0.25, -0.2) is 4.79 Å². The van der Waals surface area contributed by atoms with E-state index < -0.39 is 22.7 Å². The van der Waals surface area contributed by atoms with E-state index in [1.807, 2.05) is 0 Å². The van der Waals surface area contributed by atoms with Gasteiger partial charge in [-0.3, -0.25) is 19.7 Å². The average molecular weight is 376 g/mol. The molecule has 138 valence electrons. The molecule has 0 radical (unpaired) electrons. The normalized spacial score (nSPS) is 13.0. The van der Waals surface area contributed by atoms with Crippen molar-refractivity contribution in [1.29, 1.82) is 0 Å². The quantitative estimate of drug-likeness (QED) is 0.394. The van der Waals surface area contributed by atoms with Crippen molar-refractivity contribution in [3.8, 4) is 0 Å². The number of carbonyl (C=O) groups is 3. The van der Waals surface area contributed by atoms with Gasteiger partial charge in [0.05, 0.1) is 21.6 Å². The van der Waals surface area contributed by atoms with Crippen molar-refractivity contribution in [3.05, 3.63) is 87.0 Å². The molecule has 0 saturated heterocycles. The minimum absolute atomic E-state index is 0.0722. The maximum absolute atomic E-state index is 12.8. The molecule has 0 fully saturated rings. The SMILES string of the molecule is Cc1ccccc1C(=O)ON1C(=O)c2cccc3cc([N+](=O)[O-])cc(c23)C1=O. The van der Waals surface area contributed by atoms with Crippen molar-refractivity contribution >= 4 is 34.2 Å². The van der Waals surface area contributed by atoms with Gasteiger partial charge < -0.3 is 4.84 Å². The highest BCUT2D eigenvalue weighted by molar-refractivity contribution is 6.25. The van der Waals surface area contributed by atoms with Crippen LogP contribution in [0.15, 0.2) is 54.6 Å². The topological polar surface area (TPSA) is 107 Å². The molecular weight excluding hydrogens is 364 g/mol. The first-order valence-electron chi connectivity index (χ1n) is 8.26. The van der Waals surface area contributed by atoms with Crippen LogP contribution in [-0.2, 0) is 4.84 Å². The van der Waals surface area contributed by atoms with Crippen LogP contribution in [0.5, 0.6) is 0 Å². The Labute approximate surface area is 158 Å². The molecule has 3 aromatic carbocycles. The number of amides is 2. The van der Waals surface area contributed by atoms with Crippen LogP contribution in [0.4, 0.5) is 5.69 Å². The molecule has 0 N–H and O–H groups in total. The number of hydrogen-bond donors (Lipinski definition) is 0. The summed E-state index contributed by atoms with van der Waals surface area (Å²) in [5, 5.41) is 12.2. The Morgan fingerprint density at radius 1 is 1.00 bits per heavy atom. The predicted molar refractivity (Wildman–Crippen MR) is 97.7 cm³/mol. The Bertz CT molecular complexity index is 1200. The van der Waals surface area contributed by atoms with E-state index in [0.717, 1.165) is 6.07 Å². The summed E-state index contributed by atoms with van der Waals surface area (Å²) in [5.74, 6) is -2.61. The third kappa shape index (κ3) is 2.59. The molecule has 1 aliphatic heterocycles. The van der Waals surface area contributed by atoms with E-state index in [-0.39, 0.29) is 22.4 Å². The fraction of sp³-hybridized carbons (Fsp3) is 0.0500. The zero-order valence-electron chi connectivity index (χ0n) is 14.5. The van der Waals surface area contributed by atoms with Gasteiger partial charge in [0.25, 0.3) is 17.5 Å². The second-order valence-electron chi connectivity index (χ2n) is 6.25. The van der Waals surface area contributed by atoms with Crippen molar-refractivity contribution < 1.29 is 24.1 Å². The van der Waals surface area contributed by atoms with E-state index in [0.29, 0.717) is 21.4 Å². The minimum atomic E-state index is -0.931. The lowest BCUT2D eigenvalue weighted by Gasteiger charge is -2.25. The van der Waals surface area contributed by atoms with E-state index in [4.69, 9.17) is 4.84 Å². The molecule has 0 spiro atoms. The zero-order valence-corrected chi connectivity index (χ0v) is 14.5. The second kappa shape index (κ2) is 6.27. The number of nitrogens with zero attached hydrogens (tertiary/aromatic N) is 2. The van der Waals surface area contributed by atoms with Crippen LogP contribution < -0.4 is 0 Å². The summed E-state index contributed by atoms with van der Waals surface area (Å²) in [6.07, 6.45) is 0. The van der Waals surface area contributed by atoms with Crippen LogP contribution in [-0.4, -0.2) is 27.8 Å². The van der Waals surface area contributed by atoms with Crippen molar-refractivity contribution in [1.82, 2.24) is 5.06 Å². The third-order valence-corrected chi connectivity index (χ3v) is 4.54. The molecule has 0 bridgehead atoms. The van der Waals surface area contributed by atoms with Gasteiger partial charge in [-0.15, -0.1) is 0 Å². The maximum Gasteiger partial charge on any atom is 0.364 e. The van der Waals surface area contributed by atoms with Gasteiger partial charge >= 0.3 is 5.97 Å². The first-order chi connectivity index (χ1) is 13.4. The average Bonchev–Trinajstić information content (AvgIpc) is 2.68. The number of imide groups is 1. The molecule has 0 atom stereocenters. The van der Waals surface area contributed by atoms with Gasteiger partial charge in [0.1, 0.15) is 0 Å². The van der Waals surface area contributed by atoms with Gasteiger partial charge in [-0.2, -0.15) is 0 Å². The van der Waals surface area contributed by atoms with Gasteiger partial charge in [-0.05, 0) is 30.0 Å². The standard InChI is InChI=1S/C20H12N2O6/c1-11-5-2-3-7-14(11)20(25)28-21-18(23)15-8-4-6-12-9-13(22(26)27)10-16(17(12)15)19(21)24/h2-10H,1H3. The highest BCUT2D eigenvalue weighted by atomic mass is 16.7. The van der Waals surface area contributed by atoms with E-state index in [2.05, 4.69) is 0 Å². The van der Waals surface area contributed by atoms with Crippen LogP contribution in [0.2, 0.25) is 0 Å². The van der Waals surface area contributed by atoms with Crippen LogP contribution in [0.25, 0.3) is 10.8 Å². The van der Waals surface area contributed by atoms with Crippen molar-refractivity contribution in [2.45, 2.75) is 6.92 Å². The molecular formula is C20H12N2O6. The van der Waals surface area contributed by atoms with E-state index in [1.54, 1.807) is 37.3 Å².